The zero-order valence-electron chi connectivity index (χ0n) is 11.9. The van der Waals surface area contributed by atoms with Crippen molar-refractivity contribution in [3.8, 4) is 0 Å². The van der Waals surface area contributed by atoms with Crippen molar-refractivity contribution < 1.29 is 9.53 Å². The first-order chi connectivity index (χ1) is 8.47. The lowest BCUT2D eigenvalue weighted by molar-refractivity contribution is -0.143. The molecule has 0 aromatic heterocycles. The number of hydrogen-bond donors (Lipinski definition) is 1. The maximum Gasteiger partial charge on any atom is 0.327 e. The highest BCUT2D eigenvalue weighted by Gasteiger charge is 2.22. The fourth-order valence-corrected chi connectivity index (χ4v) is 2.00. The Labute approximate surface area is 110 Å². The van der Waals surface area contributed by atoms with Gasteiger partial charge in [-0.05, 0) is 32.8 Å². The molecule has 3 heteroatoms. The third-order valence-corrected chi connectivity index (χ3v) is 3.08. The van der Waals surface area contributed by atoms with E-state index in [1.807, 2.05) is 26.0 Å². The SMILES string of the molecule is CCC(C)NC(C(=O)OC)c1cc(C)cc(C)c1. The maximum atomic E-state index is 11.9. The van der Waals surface area contributed by atoms with E-state index >= 15 is 0 Å². The highest BCUT2D eigenvalue weighted by Crippen LogP contribution is 2.19. The summed E-state index contributed by atoms with van der Waals surface area (Å²) < 4.78 is 4.89. The van der Waals surface area contributed by atoms with E-state index in [9.17, 15) is 4.79 Å². The second-order valence-corrected chi connectivity index (χ2v) is 4.85. The van der Waals surface area contributed by atoms with Crippen molar-refractivity contribution in [2.45, 2.75) is 46.2 Å². The van der Waals surface area contributed by atoms with E-state index in [1.54, 1.807) is 0 Å². The highest BCUT2D eigenvalue weighted by atomic mass is 16.5. The van der Waals surface area contributed by atoms with Crippen LogP contribution in [0, 0.1) is 13.8 Å². The van der Waals surface area contributed by atoms with Gasteiger partial charge in [0.25, 0.3) is 0 Å². The standard InChI is InChI=1S/C15H23NO2/c1-6-12(4)16-14(15(17)18-5)13-8-10(2)7-11(3)9-13/h7-9,12,14,16H,6H2,1-5H3. The number of esters is 1. The van der Waals surface area contributed by atoms with E-state index in [-0.39, 0.29) is 18.1 Å². The molecule has 1 N–H and O–H groups in total. The van der Waals surface area contributed by atoms with Gasteiger partial charge in [-0.3, -0.25) is 5.32 Å². The zero-order chi connectivity index (χ0) is 13.7. The van der Waals surface area contributed by atoms with Crippen molar-refractivity contribution in [2.24, 2.45) is 0 Å². The molecule has 0 aliphatic carbocycles. The van der Waals surface area contributed by atoms with Crippen LogP contribution < -0.4 is 5.32 Å². The molecule has 1 aromatic carbocycles. The van der Waals surface area contributed by atoms with Crippen molar-refractivity contribution in [2.75, 3.05) is 7.11 Å². The average molecular weight is 249 g/mol. The molecule has 0 saturated heterocycles. The van der Waals surface area contributed by atoms with Crippen LogP contribution in [0.1, 0.15) is 43.0 Å². The average Bonchev–Trinajstić information content (AvgIpc) is 2.33. The number of carbonyl (C=O) groups is 1. The summed E-state index contributed by atoms with van der Waals surface area (Å²) in [6.45, 7) is 8.23. The first-order valence-corrected chi connectivity index (χ1v) is 6.40. The van der Waals surface area contributed by atoms with Crippen molar-refractivity contribution in [1.29, 1.82) is 0 Å². The molecule has 100 valence electrons. The van der Waals surface area contributed by atoms with Gasteiger partial charge in [-0.2, -0.15) is 0 Å². The van der Waals surface area contributed by atoms with Crippen LogP contribution in [0.2, 0.25) is 0 Å². The molecule has 1 rings (SSSR count). The van der Waals surface area contributed by atoms with E-state index in [1.165, 1.54) is 7.11 Å². The molecule has 0 saturated carbocycles. The second kappa shape index (κ2) is 6.55. The Balaban J connectivity index is 3.04. The van der Waals surface area contributed by atoms with Gasteiger partial charge in [-0.25, -0.2) is 4.79 Å². The van der Waals surface area contributed by atoms with Crippen LogP contribution >= 0.6 is 0 Å². The fourth-order valence-electron chi connectivity index (χ4n) is 2.00. The van der Waals surface area contributed by atoms with Crippen molar-refractivity contribution in [1.82, 2.24) is 5.32 Å². The lowest BCUT2D eigenvalue weighted by Crippen LogP contribution is -2.35. The molecule has 2 unspecified atom stereocenters. The minimum Gasteiger partial charge on any atom is -0.468 e. The van der Waals surface area contributed by atoms with Gasteiger partial charge in [-0.15, -0.1) is 0 Å². The van der Waals surface area contributed by atoms with Gasteiger partial charge in [0, 0.05) is 6.04 Å². The monoisotopic (exact) mass is 249 g/mol. The summed E-state index contributed by atoms with van der Waals surface area (Å²) in [6.07, 6.45) is 0.971. The molecular weight excluding hydrogens is 226 g/mol. The number of hydrogen-bond acceptors (Lipinski definition) is 3. The molecule has 0 aliphatic rings. The molecule has 2 atom stereocenters. The first kappa shape index (κ1) is 14.7. The molecule has 0 heterocycles. The van der Waals surface area contributed by atoms with Crippen molar-refractivity contribution in [3.05, 3.63) is 34.9 Å². The summed E-state index contributed by atoms with van der Waals surface area (Å²) in [7, 11) is 1.43. The van der Waals surface area contributed by atoms with E-state index in [2.05, 4.69) is 25.2 Å². The molecule has 0 aliphatic heterocycles. The first-order valence-electron chi connectivity index (χ1n) is 6.40. The molecule has 0 bridgehead atoms. The Hall–Kier alpha value is -1.35. The normalized spacial score (nSPS) is 14.1. The molecule has 3 nitrogen and oxygen atoms in total. The summed E-state index contributed by atoms with van der Waals surface area (Å²) in [5.41, 5.74) is 3.29. The van der Waals surface area contributed by atoms with Gasteiger partial charge in [0.15, 0.2) is 0 Å². The number of ether oxygens (including phenoxy) is 1. The summed E-state index contributed by atoms with van der Waals surface area (Å²) in [6, 6.07) is 6.05. The molecule has 1 aromatic rings. The minimum atomic E-state index is -0.386. The Kier molecular flexibility index (Phi) is 5.35. The minimum absolute atomic E-state index is 0.236. The fraction of sp³-hybridized carbons (Fsp3) is 0.533. The van der Waals surface area contributed by atoms with Gasteiger partial charge in [0.2, 0.25) is 0 Å². The maximum absolute atomic E-state index is 11.9. The summed E-state index contributed by atoms with van der Waals surface area (Å²) in [5.74, 6) is -0.236. The van der Waals surface area contributed by atoms with E-state index < -0.39 is 0 Å². The second-order valence-electron chi connectivity index (χ2n) is 4.85. The molecule has 18 heavy (non-hydrogen) atoms. The number of rotatable bonds is 5. The zero-order valence-corrected chi connectivity index (χ0v) is 11.9. The lowest BCUT2D eigenvalue weighted by Gasteiger charge is -2.21. The third kappa shape index (κ3) is 3.84. The summed E-state index contributed by atoms with van der Waals surface area (Å²) in [4.78, 5) is 11.9. The number of aryl methyl sites for hydroxylation is 2. The van der Waals surface area contributed by atoms with Crippen LogP contribution in [0.4, 0.5) is 0 Å². The van der Waals surface area contributed by atoms with E-state index in [0.717, 1.165) is 23.1 Å². The number of benzene rings is 1. The Morgan fingerprint density at radius 1 is 1.28 bits per heavy atom. The number of methoxy groups -OCH3 is 1. The Bertz CT molecular complexity index is 395. The lowest BCUT2D eigenvalue weighted by atomic mass is 10.0. The van der Waals surface area contributed by atoms with Crippen molar-refractivity contribution >= 4 is 5.97 Å². The van der Waals surface area contributed by atoms with Crippen LogP contribution in [0.5, 0.6) is 0 Å². The van der Waals surface area contributed by atoms with E-state index in [4.69, 9.17) is 4.74 Å². The van der Waals surface area contributed by atoms with Gasteiger partial charge < -0.3 is 4.74 Å². The Morgan fingerprint density at radius 2 is 1.83 bits per heavy atom. The predicted molar refractivity (Wildman–Crippen MR) is 73.6 cm³/mol. The third-order valence-electron chi connectivity index (χ3n) is 3.08. The molecule has 0 spiro atoms. The summed E-state index contributed by atoms with van der Waals surface area (Å²) >= 11 is 0. The van der Waals surface area contributed by atoms with Gasteiger partial charge in [0.05, 0.1) is 7.11 Å². The molecular formula is C15H23NO2. The van der Waals surface area contributed by atoms with E-state index in [0.29, 0.717) is 0 Å². The largest absolute Gasteiger partial charge is 0.468 e. The van der Waals surface area contributed by atoms with Gasteiger partial charge in [-0.1, -0.05) is 36.2 Å². The molecule has 0 amide bonds. The van der Waals surface area contributed by atoms with Gasteiger partial charge in [0.1, 0.15) is 6.04 Å². The molecule has 0 radical (unpaired) electrons. The number of carbonyl (C=O) groups excluding carboxylic acids is 1. The Morgan fingerprint density at radius 3 is 2.28 bits per heavy atom. The smallest absolute Gasteiger partial charge is 0.327 e. The highest BCUT2D eigenvalue weighted by molar-refractivity contribution is 5.77. The van der Waals surface area contributed by atoms with Crippen LogP contribution in [0.15, 0.2) is 18.2 Å². The van der Waals surface area contributed by atoms with Gasteiger partial charge >= 0.3 is 5.97 Å². The van der Waals surface area contributed by atoms with Crippen LogP contribution in [0.3, 0.4) is 0 Å². The topological polar surface area (TPSA) is 38.3 Å². The van der Waals surface area contributed by atoms with Crippen molar-refractivity contribution in [3.63, 3.8) is 0 Å². The summed E-state index contributed by atoms with van der Waals surface area (Å²) in [5, 5.41) is 3.31. The van der Waals surface area contributed by atoms with Crippen LogP contribution in [-0.4, -0.2) is 19.1 Å². The number of nitrogens with one attached hydrogen (secondary N) is 1. The molecule has 0 fully saturated rings. The van der Waals surface area contributed by atoms with Crippen LogP contribution in [0.25, 0.3) is 0 Å². The predicted octanol–water partition coefficient (Wildman–Crippen LogP) is 2.91. The van der Waals surface area contributed by atoms with Crippen LogP contribution in [-0.2, 0) is 9.53 Å². The quantitative estimate of drug-likeness (QED) is 0.815.